The Kier molecular flexibility index (Phi) is 4.44. The van der Waals surface area contributed by atoms with Crippen LogP contribution in [0.2, 0.25) is 0 Å². The van der Waals surface area contributed by atoms with Crippen molar-refractivity contribution in [2.24, 2.45) is 28.6 Å². The van der Waals surface area contributed by atoms with E-state index in [0.717, 1.165) is 44.1 Å². The standard InChI is InChI=1S/C24H34O3/c1-14-12-21-19-7-6-17-13-18(27-16(3)26)8-10-23(17,4)20(19)9-11-24(21,5)22(14)15(2)25/h6,18-21H,7-13H2,1-5H3/t18?,19-,20+,21+,23+,24+/m1/s1. The molecule has 3 nitrogen and oxygen atoms in total. The Labute approximate surface area is 163 Å². The fourth-order valence-electron chi connectivity index (χ4n) is 7.59. The predicted molar refractivity (Wildman–Crippen MR) is 106 cm³/mol. The number of carbonyl (C=O) groups excluding carboxylic acids is 2. The van der Waals surface area contributed by atoms with Gasteiger partial charge in [-0.3, -0.25) is 9.59 Å². The van der Waals surface area contributed by atoms with Gasteiger partial charge in [-0.15, -0.1) is 0 Å². The number of fused-ring (bicyclic) bond motifs is 5. The number of allylic oxidation sites excluding steroid dienone is 3. The molecule has 2 fully saturated rings. The first-order valence-electron chi connectivity index (χ1n) is 10.7. The summed E-state index contributed by atoms with van der Waals surface area (Å²) < 4.78 is 5.54. The molecule has 0 aromatic heterocycles. The van der Waals surface area contributed by atoms with Gasteiger partial charge in [0.2, 0.25) is 0 Å². The summed E-state index contributed by atoms with van der Waals surface area (Å²) in [4.78, 5) is 23.8. The number of carbonyl (C=O) groups is 2. The molecular weight excluding hydrogens is 336 g/mol. The molecule has 0 N–H and O–H groups in total. The predicted octanol–water partition coefficient (Wildman–Crippen LogP) is 5.40. The zero-order valence-electron chi connectivity index (χ0n) is 17.6. The fourth-order valence-corrected chi connectivity index (χ4v) is 7.59. The molecule has 2 saturated carbocycles. The Morgan fingerprint density at radius 3 is 2.41 bits per heavy atom. The quantitative estimate of drug-likeness (QED) is 0.483. The Morgan fingerprint density at radius 1 is 1.04 bits per heavy atom. The Balaban J connectivity index is 1.62. The normalized spacial score (nSPS) is 43.4. The Bertz CT molecular complexity index is 745. The van der Waals surface area contributed by atoms with E-state index in [1.807, 2.05) is 0 Å². The highest BCUT2D eigenvalue weighted by Crippen LogP contribution is 2.66. The van der Waals surface area contributed by atoms with Crippen molar-refractivity contribution < 1.29 is 14.3 Å². The minimum absolute atomic E-state index is 0.0620. The monoisotopic (exact) mass is 370 g/mol. The molecule has 0 aromatic carbocycles. The smallest absolute Gasteiger partial charge is 0.302 e. The molecular formula is C24H34O3. The van der Waals surface area contributed by atoms with Crippen molar-refractivity contribution >= 4 is 11.8 Å². The average Bonchev–Trinajstić information content (AvgIpc) is 2.85. The van der Waals surface area contributed by atoms with Crippen molar-refractivity contribution in [2.75, 3.05) is 0 Å². The molecule has 4 rings (SSSR count). The largest absolute Gasteiger partial charge is 0.462 e. The second-order valence-corrected chi connectivity index (χ2v) is 10.1. The molecule has 0 bridgehead atoms. The minimum Gasteiger partial charge on any atom is -0.462 e. The molecule has 0 heterocycles. The van der Waals surface area contributed by atoms with Crippen LogP contribution in [0.25, 0.3) is 0 Å². The van der Waals surface area contributed by atoms with E-state index in [0.29, 0.717) is 17.8 Å². The first-order chi connectivity index (χ1) is 12.7. The van der Waals surface area contributed by atoms with Crippen molar-refractivity contribution in [3.63, 3.8) is 0 Å². The molecule has 0 aromatic rings. The van der Waals surface area contributed by atoms with Crippen molar-refractivity contribution in [3.05, 3.63) is 22.8 Å². The van der Waals surface area contributed by atoms with Crippen LogP contribution >= 0.6 is 0 Å². The SMILES string of the molecule is CC(=O)OC1CC[C@@]2(C)C(=CC[C@@H]3[C@@H]2CC[C@]2(C)C(C(C)=O)=C(C)C[C@@H]32)C1. The van der Waals surface area contributed by atoms with E-state index in [4.69, 9.17) is 4.74 Å². The molecule has 27 heavy (non-hydrogen) atoms. The molecule has 1 unspecified atom stereocenters. The highest BCUT2D eigenvalue weighted by atomic mass is 16.5. The second-order valence-electron chi connectivity index (χ2n) is 10.1. The van der Waals surface area contributed by atoms with Crippen LogP contribution < -0.4 is 0 Å². The van der Waals surface area contributed by atoms with E-state index in [9.17, 15) is 9.59 Å². The molecule has 148 valence electrons. The fraction of sp³-hybridized carbons (Fsp3) is 0.750. The van der Waals surface area contributed by atoms with Gasteiger partial charge >= 0.3 is 5.97 Å². The lowest BCUT2D eigenvalue weighted by atomic mass is 9.47. The van der Waals surface area contributed by atoms with Gasteiger partial charge in [0.25, 0.3) is 0 Å². The van der Waals surface area contributed by atoms with Gasteiger partial charge in [-0.05, 0) is 86.5 Å². The van der Waals surface area contributed by atoms with Crippen molar-refractivity contribution in [2.45, 2.75) is 85.7 Å². The van der Waals surface area contributed by atoms with Gasteiger partial charge in [-0.1, -0.05) is 31.1 Å². The maximum absolute atomic E-state index is 12.4. The van der Waals surface area contributed by atoms with E-state index in [-0.39, 0.29) is 28.7 Å². The van der Waals surface area contributed by atoms with Gasteiger partial charge in [0.15, 0.2) is 5.78 Å². The average molecular weight is 371 g/mol. The van der Waals surface area contributed by atoms with Gasteiger partial charge in [0.1, 0.15) is 6.10 Å². The van der Waals surface area contributed by atoms with Gasteiger partial charge < -0.3 is 4.74 Å². The third kappa shape index (κ3) is 2.76. The van der Waals surface area contributed by atoms with E-state index in [1.54, 1.807) is 6.92 Å². The van der Waals surface area contributed by atoms with Crippen molar-refractivity contribution in [1.29, 1.82) is 0 Å². The van der Waals surface area contributed by atoms with Crippen LogP contribution in [0.15, 0.2) is 22.8 Å². The maximum Gasteiger partial charge on any atom is 0.302 e. The molecule has 4 aliphatic carbocycles. The third-order valence-electron chi connectivity index (χ3n) is 8.66. The number of Topliss-reactive ketones (excluding diaryl/α,β-unsaturated/α-hetero) is 1. The first kappa shape index (κ1) is 19.0. The molecule has 0 amide bonds. The number of ketones is 1. The summed E-state index contributed by atoms with van der Waals surface area (Å²) in [6.07, 6.45) is 10.1. The summed E-state index contributed by atoms with van der Waals surface area (Å²) in [6.45, 7) is 10.3. The first-order valence-corrected chi connectivity index (χ1v) is 10.7. The number of rotatable bonds is 2. The van der Waals surface area contributed by atoms with E-state index < -0.39 is 0 Å². The van der Waals surface area contributed by atoms with Crippen LogP contribution in [-0.2, 0) is 14.3 Å². The molecule has 0 aliphatic heterocycles. The lowest BCUT2D eigenvalue weighted by Gasteiger charge is -2.57. The van der Waals surface area contributed by atoms with Crippen LogP contribution in [-0.4, -0.2) is 17.9 Å². The number of ether oxygens (including phenoxy) is 1. The van der Waals surface area contributed by atoms with Crippen LogP contribution in [0.1, 0.15) is 79.6 Å². The highest BCUT2D eigenvalue weighted by Gasteiger charge is 2.58. The minimum atomic E-state index is -0.157. The zero-order valence-corrected chi connectivity index (χ0v) is 17.6. The summed E-state index contributed by atoms with van der Waals surface area (Å²) in [5, 5.41) is 0. The van der Waals surface area contributed by atoms with E-state index in [1.165, 1.54) is 24.5 Å². The summed E-state index contributed by atoms with van der Waals surface area (Å²) in [6, 6.07) is 0. The van der Waals surface area contributed by atoms with Gasteiger partial charge in [-0.25, -0.2) is 0 Å². The van der Waals surface area contributed by atoms with Gasteiger partial charge in [0.05, 0.1) is 0 Å². The molecule has 0 radical (unpaired) electrons. The molecule has 0 saturated heterocycles. The highest BCUT2D eigenvalue weighted by molar-refractivity contribution is 5.96. The molecule has 3 heteroatoms. The van der Waals surface area contributed by atoms with Gasteiger partial charge in [0, 0.05) is 13.3 Å². The third-order valence-corrected chi connectivity index (χ3v) is 8.66. The summed E-state index contributed by atoms with van der Waals surface area (Å²) in [7, 11) is 0. The van der Waals surface area contributed by atoms with Gasteiger partial charge in [-0.2, -0.15) is 0 Å². The Morgan fingerprint density at radius 2 is 1.74 bits per heavy atom. The number of esters is 1. The van der Waals surface area contributed by atoms with Crippen molar-refractivity contribution in [1.82, 2.24) is 0 Å². The lowest BCUT2D eigenvalue weighted by Crippen LogP contribution is -2.50. The summed E-state index contributed by atoms with van der Waals surface area (Å²) in [5.74, 6) is 2.12. The van der Waals surface area contributed by atoms with Crippen LogP contribution in [0, 0.1) is 28.6 Å². The summed E-state index contributed by atoms with van der Waals surface area (Å²) in [5.41, 5.74) is 4.33. The van der Waals surface area contributed by atoms with Crippen LogP contribution in [0.4, 0.5) is 0 Å². The summed E-state index contributed by atoms with van der Waals surface area (Å²) >= 11 is 0. The van der Waals surface area contributed by atoms with E-state index >= 15 is 0 Å². The van der Waals surface area contributed by atoms with E-state index in [2.05, 4.69) is 26.8 Å². The van der Waals surface area contributed by atoms with Crippen molar-refractivity contribution in [3.8, 4) is 0 Å². The molecule has 0 spiro atoms. The lowest BCUT2D eigenvalue weighted by molar-refractivity contribution is -0.148. The van der Waals surface area contributed by atoms with Crippen LogP contribution in [0.3, 0.4) is 0 Å². The number of hydrogen-bond donors (Lipinski definition) is 0. The molecule has 6 atom stereocenters. The van der Waals surface area contributed by atoms with Crippen LogP contribution in [0.5, 0.6) is 0 Å². The zero-order chi connectivity index (χ0) is 19.6. The molecule has 4 aliphatic rings. The topological polar surface area (TPSA) is 43.4 Å². The Hall–Kier alpha value is -1.38. The second kappa shape index (κ2) is 6.32. The maximum atomic E-state index is 12.4. The number of hydrogen-bond acceptors (Lipinski definition) is 3.